The average molecular weight is 58.1 g/mol. The van der Waals surface area contributed by atoms with Crippen LogP contribution in [0.1, 0.15) is 1.37 Å². The van der Waals surface area contributed by atoms with E-state index in [4.69, 9.17) is 6.48 Å². The molecule has 0 bridgehead atoms. The van der Waals surface area contributed by atoms with Crippen molar-refractivity contribution in [2.45, 2.75) is 0 Å². The molecule has 0 unspecified atom stereocenters. The minimum Gasteiger partial charge on any atom is -0.386 e. The molecule has 0 saturated carbocycles. The largest absolute Gasteiger partial charge is 0.386 e. The first-order valence-corrected chi connectivity index (χ1v) is 0.921. The molecule has 0 aromatic carbocycles. The van der Waals surface area contributed by atoms with Crippen molar-refractivity contribution in [1.82, 2.24) is 0 Å². The Morgan fingerprint density at radius 2 is 2.50 bits per heavy atom. The normalized spacial score (nSPS) is 11.0. The monoisotopic (exact) mass is 58.0 g/mol. The molecule has 1 N–H and O–H groups in total. The predicted molar refractivity (Wildman–Crippen MR) is 16.4 cm³/mol. The first kappa shape index (κ1) is 1.97. The van der Waals surface area contributed by atoms with Crippen LogP contribution in [0.2, 0.25) is 0 Å². The minimum atomic E-state index is -0.481. The standard InChI is InChI=1S/C3H5O/c1-2-3-4/h2-4H,1H2/i3D. The molecule has 0 saturated heterocycles. The first-order valence-electron chi connectivity index (χ1n) is 1.42. The Kier molecular flexibility index (Phi) is 1.33. The fourth-order valence-corrected chi connectivity index (χ4v) is 0. The van der Waals surface area contributed by atoms with Crippen LogP contribution in [0.15, 0.2) is 12.7 Å². The SMILES string of the molecule is [2H][C](O)C=C. The van der Waals surface area contributed by atoms with E-state index in [1.165, 1.54) is 0 Å². The zero-order valence-corrected chi connectivity index (χ0v) is 2.23. The van der Waals surface area contributed by atoms with Gasteiger partial charge in [0.1, 0.15) is 6.58 Å². The summed E-state index contributed by atoms with van der Waals surface area (Å²) in [6.07, 6.45) is 1.06. The molecule has 0 amide bonds. The van der Waals surface area contributed by atoms with Crippen molar-refractivity contribution >= 4 is 0 Å². The smallest absolute Gasteiger partial charge is 0.101 e. The van der Waals surface area contributed by atoms with Gasteiger partial charge < -0.3 is 5.11 Å². The molecule has 0 heterocycles. The molecule has 1 heteroatoms. The zero-order valence-electron chi connectivity index (χ0n) is 3.23. The lowest BCUT2D eigenvalue weighted by Crippen LogP contribution is -1.49. The van der Waals surface area contributed by atoms with Crippen molar-refractivity contribution in [3.63, 3.8) is 0 Å². The van der Waals surface area contributed by atoms with Gasteiger partial charge in [-0.1, -0.05) is 6.08 Å². The number of hydrogen-bond acceptors (Lipinski definition) is 1. The molecule has 0 aliphatic rings. The summed E-state index contributed by atoms with van der Waals surface area (Å²) in [6, 6.07) is 0. The molecule has 0 fully saturated rings. The van der Waals surface area contributed by atoms with E-state index < -0.39 is 6.58 Å². The summed E-state index contributed by atoms with van der Waals surface area (Å²) in [6.45, 7) is 2.60. The van der Waals surface area contributed by atoms with Crippen LogP contribution in [0.5, 0.6) is 0 Å². The maximum atomic E-state index is 7.83. The summed E-state index contributed by atoms with van der Waals surface area (Å²) < 4.78 is 6.18. The maximum Gasteiger partial charge on any atom is 0.101 e. The van der Waals surface area contributed by atoms with Crippen LogP contribution in [-0.4, -0.2) is 5.11 Å². The van der Waals surface area contributed by atoms with E-state index in [1.807, 2.05) is 0 Å². The van der Waals surface area contributed by atoms with Gasteiger partial charge in [0, 0.05) is 0 Å². The van der Waals surface area contributed by atoms with Crippen molar-refractivity contribution in [3.05, 3.63) is 19.2 Å². The van der Waals surface area contributed by atoms with Crippen molar-refractivity contribution in [1.29, 1.82) is 0 Å². The van der Waals surface area contributed by atoms with E-state index in [-0.39, 0.29) is 0 Å². The maximum absolute atomic E-state index is 7.83. The van der Waals surface area contributed by atoms with Gasteiger partial charge in [0.2, 0.25) is 0 Å². The molecule has 23 valence electrons. The molecule has 0 aliphatic carbocycles. The molecule has 0 atom stereocenters. The lowest BCUT2D eigenvalue weighted by Gasteiger charge is -1.58. The van der Waals surface area contributed by atoms with Gasteiger partial charge in [0.05, 0.1) is 1.37 Å². The van der Waals surface area contributed by atoms with Crippen molar-refractivity contribution < 1.29 is 6.48 Å². The number of rotatable bonds is 1. The first-order chi connectivity index (χ1) is 2.27. The zero-order chi connectivity index (χ0) is 4.28. The Morgan fingerprint density at radius 1 is 2.25 bits per heavy atom. The highest BCUT2D eigenvalue weighted by Gasteiger charge is 1.47. The fourth-order valence-electron chi connectivity index (χ4n) is 0. The second-order valence-electron chi connectivity index (χ2n) is 0.333. The fraction of sp³-hybridized carbons (Fsp3) is 0. The van der Waals surface area contributed by atoms with Gasteiger partial charge in [-0.05, 0) is 0 Å². The molecular weight excluding hydrogens is 52.0 g/mol. The predicted octanol–water partition coefficient (Wildman–Crippen LogP) is 0.707. The van der Waals surface area contributed by atoms with E-state index in [9.17, 15) is 0 Å². The molecule has 0 aromatic rings. The molecule has 1 nitrogen and oxygen atoms in total. The molecule has 4 heavy (non-hydrogen) atoms. The average Bonchev–Trinajstić information content (AvgIpc) is 1.38. The van der Waals surface area contributed by atoms with E-state index >= 15 is 0 Å². The van der Waals surface area contributed by atoms with Gasteiger partial charge >= 0.3 is 0 Å². The van der Waals surface area contributed by atoms with Crippen molar-refractivity contribution in [3.8, 4) is 0 Å². The number of aliphatic hydroxyl groups excluding tert-OH is 1. The van der Waals surface area contributed by atoms with Gasteiger partial charge in [-0.25, -0.2) is 0 Å². The van der Waals surface area contributed by atoms with Crippen LogP contribution in [0.25, 0.3) is 0 Å². The van der Waals surface area contributed by atoms with Gasteiger partial charge in [-0.2, -0.15) is 0 Å². The van der Waals surface area contributed by atoms with E-state index in [0.29, 0.717) is 0 Å². The van der Waals surface area contributed by atoms with Gasteiger partial charge in [0.25, 0.3) is 0 Å². The molecule has 0 aliphatic heterocycles. The topological polar surface area (TPSA) is 20.2 Å². The van der Waals surface area contributed by atoms with Crippen LogP contribution in [-0.2, 0) is 0 Å². The third kappa shape index (κ3) is 1.70. The molecule has 1 radical (unpaired) electrons. The lowest BCUT2D eigenvalue weighted by atomic mass is 10.7. The van der Waals surface area contributed by atoms with E-state index in [1.54, 1.807) is 0 Å². The highest BCUT2D eigenvalue weighted by Crippen LogP contribution is 1.57. The highest BCUT2D eigenvalue weighted by atomic mass is 16.2. The van der Waals surface area contributed by atoms with Crippen LogP contribution < -0.4 is 0 Å². The van der Waals surface area contributed by atoms with Crippen LogP contribution in [0.4, 0.5) is 0 Å². The Bertz CT molecular complexity index is 33.9. The molecular formula is C3H5O. The molecule has 0 spiro atoms. The number of hydrogen-bond donors (Lipinski definition) is 1. The van der Waals surface area contributed by atoms with Crippen molar-refractivity contribution in [2.24, 2.45) is 0 Å². The summed E-state index contributed by atoms with van der Waals surface area (Å²) in [5.41, 5.74) is 0. The summed E-state index contributed by atoms with van der Waals surface area (Å²) in [7, 11) is 0. The third-order valence-electron chi connectivity index (χ3n) is 0.0913. The lowest BCUT2D eigenvalue weighted by molar-refractivity contribution is 0.421. The Labute approximate surface area is 27.0 Å². The van der Waals surface area contributed by atoms with Crippen LogP contribution in [0.3, 0.4) is 0 Å². The molecule has 0 rings (SSSR count). The Balaban J connectivity index is 2.83. The van der Waals surface area contributed by atoms with Crippen molar-refractivity contribution in [2.75, 3.05) is 0 Å². The van der Waals surface area contributed by atoms with Gasteiger partial charge in [-0.15, -0.1) is 6.58 Å². The van der Waals surface area contributed by atoms with Gasteiger partial charge in [0.15, 0.2) is 0 Å². The van der Waals surface area contributed by atoms with E-state index in [2.05, 4.69) is 6.58 Å². The summed E-state index contributed by atoms with van der Waals surface area (Å²) in [4.78, 5) is 0. The number of aliphatic hydroxyl groups is 1. The quantitative estimate of drug-likeness (QED) is 0.470. The molecule has 0 aromatic heterocycles. The third-order valence-corrected chi connectivity index (χ3v) is 0.0913. The second kappa shape index (κ2) is 2.70. The Hall–Kier alpha value is -0.300. The second-order valence-corrected chi connectivity index (χ2v) is 0.333. The van der Waals surface area contributed by atoms with Crippen LogP contribution >= 0.6 is 0 Å². The minimum absolute atomic E-state index is 0.481. The summed E-state index contributed by atoms with van der Waals surface area (Å²) in [5.74, 6) is 0. The van der Waals surface area contributed by atoms with Gasteiger partial charge in [-0.3, -0.25) is 0 Å². The van der Waals surface area contributed by atoms with E-state index in [0.717, 1.165) is 6.08 Å². The summed E-state index contributed by atoms with van der Waals surface area (Å²) >= 11 is 0. The highest BCUT2D eigenvalue weighted by molar-refractivity contribution is 4.73. The Morgan fingerprint density at radius 3 is 2.50 bits per heavy atom. The summed E-state index contributed by atoms with van der Waals surface area (Å²) in [5, 5.41) is 7.83. The van der Waals surface area contributed by atoms with Crippen LogP contribution in [0, 0.1) is 6.58 Å².